The molecule has 0 aliphatic carbocycles. The molecular formula is C33H27Cl2N3O3. The summed E-state index contributed by atoms with van der Waals surface area (Å²) in [4.78, 5) is 40.8. The van der Waals surface area contributed by atoms with Gasteiger partial charge in [-0.3, -0.25) is 14.4 Å². The first-order valence-corrected chi connectivity index (χ1v) is 13.4. The van der Waals surface area contributed by atoms with Crippen LogP contribution in [0.3, 0.4) is 0 Å². The number of anilines is 2. The standard InChI is InChI=1S/C33H27Cl2N3O3/c1-38(2)27-18-11-22(12-19-27)13-20-30(39)23-14-16-26(17-15-23)36-33(41)29(21-25-9-6-10-28(34)31(25)35)37-32(40)24-7-4-3-5-8-24/h3-21H,1-2H3,(H,36,41)(H,37,40)/b20-13+,29-21-. The molecule has 0 aliphatic rings. The average molecular weight is 585 g/mol. The van der Waals surface area contributed by atoms with Crippen LogP contribution in [0.25, 0.3) is 12.2 Å². The molecule has 0 aromatic heterocycles. The highest BCUT2D eigenvalue weighted by molar-refractivity contribution is 6.43. The molecule has 0 bridgehead atoms. The molecule has 0 aliphatic heterocycles. The van der Waals surface area contributed by atoms with Gasteiger partial charge in [0.25, 0.3) is 11.8 Å². The fourth-order valence-electron chi connectivity index (χ4n) is 3.80. The molecule has 0 saturated heterocycles. The van der Waals surface area contributed by atoms with Crippen LogP contribution in [0.5, 0.6) is 0 Å². The number of carbonyl (C=O) groups is 3. The zero-order chi connectivity index (χ0) is 29.4. The molecule has 2 amide bonds. The second kappa shape index (κ2) is 13.6. The van der Waals surface area contributed by atoms with Crippen LogP contribution < -0.4 is 15.5 Å². The number of hydrogen-bond donors (Lipinski definition) is 2. The van der Waals surface area contributed by atoms with Gasteiger partial charge in [-0.15, -0.1) is 0 Å². The van der Waals surface area contributed by atoms with E-state index < -0.39 is 11.8 Å². The molecule has 8 heteroatoms. The highest BCUT2D eigenvalue weighted by atomic mass is 35.5. The minimum Gasteiger partial charge on any atom is -0.378 e. The molecule has 41 heavy (non-hydrogen) atoms. The summed E-state index contributed by atoms with van der Waals surface area (Å²) in [6.45, 7) is 0. The van der Waals surface area contributed by atoms with E-state index in [2.05, 4.69) is 10.6 Å². The number of halogens is 2. The minimum absolute atomic E-state index is 0.0357. The van der Waals surface area contributed by atoms with Crippen molar-refractivity contribution >= 4 is 64.3 Å². The topological polar surface area (TPSA) is 78.5 Å². The first-order chi connectivity index (χ1) is 19.7. The van der Waals surface area contributed by atoms with Crippen LogP contribution in [0.15, 0.2) is 109 Å². The number of benzene rings is 4. The van der Waals surface area contributed by atoms with Gasteiger partial charge in [-0.2, -0.15) is 0 Å². The Balaban J connectivity index is 1.49. The third-order valence-electron chi connectivity index (χ3n) is 6.07. The lowest BCUT2D eigenvalue weighted by molar-refractivity contribution is -0.113. The summed E-state index contributed by atoms with van der Waals surface area (Å²) in [7, 11) is 3.93. The molecule has 2 N–H and O–H groups in total. The van der Waals surface area contributed by atoms with Gasteiger partial charge >= 0.3 is 0 Å². The zero-order valence-electron chi connectivity index (χ0n) is 22.4. The lowest BCUT2D eigenvalue weighted by atomic mass is 10.1. The zero-order valence-corrected chi connectivity index (χ0v) is 23.9. The maximum Gasteiger partial charge on any atom is 0.272 e. The van der Waals surface area contributed by atoms with Gasteiger partial charge in [0.15, 0.2) is 5.78 Å². The largest absolute Gasteiger partial charge is 0.378 e. The predicted molar refractivity (Wildman–Crippen MR) is 168 cm³/mol. The monoisotopic (exact) mass is 583 g/mol. The van der Waals surface area contributed by atoms with Crippen molar-refractivity contribution in [3.63, 3.8) is 0 Å². The van der Waals surface area contributed by atoms with Crippen molar-refractivity contribution in [3.05, 3.63) is 141 Å². The van der Waals surface area contributed by atoms with Crippen molar-refractivity contribution in [1.82, 2.24) is 5.32 Å². The number of nitrogens with zero attached hydrogens (tertiary/aromatic N) is 1. The summed E-state index contributed by atoms with van der Waals surface area (Å²) in [5, 5.41) is 5.99. The second-order valence-corrected chi connectivity index (χ2v) is 10.0. The summed E-state index contributed by atoms with van der Waals surface area (Å²) in [5.41, 5.74) is 3.68. The first-order valence-electron chi connectivity index (χ1n) is 12.6. The van der Waals surface area contributed by atoms with E-state index >= 15 is 0 Å². The van der Waals surface area contributed by atoms with Gasteiger partial charge in [-0.05, 0) is 77.9 Å². The van der Waals surface area contributed by atoms with Crippen molar-refractivity contribution < 1.29 is 14.4 Å². The van der Waals surface area contributed by atoms with Crippen molar-refractivity contribution in [2.24, 2.45) is 0 Å². The Bertz CT molecular complexity index is 1610. The van der Waals surface area contributed by atoms with Gasteiger partial charge in [-0.1, -0.05) is 71.7 Å². The van der Waals surface area contributed by atoms with Crippen LogP contribution in [-0.2, 0) is 4.79 Å². The summed E-state index contributed by atoms with van der Waals surface area (Å²) in [5.74, 6) is -1.22. The van der Waals surface area contributed by atoms with Crippen molar-refractivity contribution in [1.29, 1.82) is 0 Å². The van der Waals surface area contributed by atoms with Crippen molar-refractivity contribution in [3.8, 4) is 0 Å². The Morgan fingerprint density at radius 3 is 2.10 bits per heavy atom. The lowest BCUT2D eigenvalue weighted by Gasteiger charge is -2.12. The molecule has 4 rings (SSSR count). The van der Waals surface area contributed by atoms with Gasteiger partial charge < -0.3 is 15.5 Å². The number of nitrogens with one attached hydrogen (secondary N) is 2. The van der Waals surface area contributed by atoms with Crippen LogP contribution in [0, 0.1) is 0 Å². The van der Waals surface area contributed by atoms with Gasteiger partial charge in [0, 0.05) is 36.6 Å². The van der Waals surface area contributed by atoms with E-state index in [1.54, 1.807) is 78.9 Å². The molecule has 0 radical (unpaired) electrons. The molecule has 0 spiro atoms. The molecule has 0 saturated carbocycles. The Labute approximate surface area is 248 Å². The predicted octanol–water partition coefficient (Wildman–Crippen LogP) is 7.37. The first kappa shape index (κ1) is 29.3. The van der Waals surface area contributed by atoms with Gasteiger partial charge in [-0.25, -0.2) is 0 Å². The van der Waals surface area contributed by atoms with E-state index in [1.165, 1.54) is 12.2 Å². The van der Waals surface area contributed by atoms with Crippen LogP contribution in [0.2, 0.25) is 10.0 Å². The van der Waals surface area contributed by atoms with Crippen LogP contribution >= 0.6 is 23.2 Å². The summed E-state index contributed by atoms with van der Waals surface area (Å²) in [6, 6.07) is 27.8. The van der Waals surface area contributed by atoms with E-state index in [0.29, 0.717) is 27.4 Å². The van der Waals surface area contributed by atoms with E-state index in [0.717, 1.165) is 11.3 Å². The minimum atomic E-state index is -0.578. The summed E-state index contributed by atoms with van der Waals surface area (Å²) >= 11 is 12.5. The number of allylic oxidation sites excluding steroid dienone is 1. The highest BCUT2D eigenvalue weighted by Crippen LogP contribution is 2.27. The molecular weight excluding hydrogens is 557 g/mol. The van der Waals surface area contributed by atoms with Crippen molar-refractivity contribution in [2.75, 3.05) is 24.3 Å². The fraction of sp³-hybridized carbons (Fsp3) is 0.0606. The molecule has 6 nitrogen and oxygen atoms in total. The number of carbonyl (C=O) groups excluding carboxylic acids is 3. The lowest BCUT2D eigenvalue weighted by Crippen LogP contribution is -2.30. The second-order valence-electron chi connectivity index (χ2n) is 9.24. The maximum atomic E-state index is 13.3. The summed E-state index contributed by atoms with van der Waals surface area (Å²) < 4.78 is 0. The summed E-state index contributed by atoms with van der Waals surface area (Å²) in [6.07, 6.45) is 4.72. The maximum absolute atomic E-state index is 13.3. The molecule has 4 aromatic rings. The SMILES string of the molecule is CN(C)c1ccc(/C=C/C(=O)c2ccc(NC(=O)/C(=C/c3cccc(Cl)c3Cl)NC(=O)c3ccccc3)cc2)cc1. The van der Waals surface area contributed by atoms with E-state index in [1.807, 2.05) is 43.3 Å². The van der Waals surface area contributed by atoms with Gasteiger partial charge in [0.2, 0.25) is 0 Å². The van der Waals surface area contributed by atoms with Crippen LogP contribution in [0.4, 0.5) is 11.4 Å². The molecule has 0 heterocycles. The Hall–Kier alpha value is -4.65. The third kappa shape index (κ3) is 7.94. The van der Waals surface area contributed by atoms with Crippen LogP contribution in [-0.4, -0.2) is 31.7 Å². The highest BCUT2D eigenvalue weighted by Gasteiger charge is 2.16. The number of amides is 2. The Kier molecular flexibility index (Phi) is 9.74. The quantitative estimate of drug-likeness (QED) is 0.159. The number of ketones is 1. The van der Waals surface area contributed by atoms with Gasteiger partial charge in [0.05, 0.1) is 10.0 Å². The van der Waals surface area contributed by atoms with E-state index in [-0.39, 0.29) is 16.5 Å². The van der Waals surface area contributed by atoms with Crippen molar-refractivity contribution in [2.45, 2.75) is 0 Å². The smallest absolute Gasteiger partial charge is 0.272 e. The number of hydrogen-bond acceptors (Lipinski definition) is 4. The van der Waals surface area contributed by atoms with E-state index in [9.17, 15) is 14.4 Å². The molecule has 206 valence electrons. The Morgan fingerprint density at radius 1 is 0.756 bits per heavy atom. The van der Waals surface area contributed by atoms with Crippen LogP contribution in [0.1, 0.15) is 31.8 Å². The normalized spacial score (nSPS) is 11.3. The average Bonchev–Trinajstić information content (AvgIpc) is 2.98. The Morgan fingerprint density at radius 2 is 1.44 bits per heavy atom. The number of rotatable bonds is 9. The third-order valence-corrected chi connectivity index (χ3v) is 6.91. The molecule has 0 atom stereocenters. The fourth-order valence-corrected chi connectivity index (χ4v) is 4.16. The van der Waals surface area contributed by atoms with E-state index in [4.69, 9.17) is 23.2 Å². The molecule has 4 aromatic carbocycles. The molecule has 0 unspecified atom stereocenters. The molecule has 0 fully saturated rings. The van der Waals surface area contributed by atoms with Gasteiger partial charge in [0.1, 0.15) is 5.70 Å².